The molecular formula is C13H28N2O2. The fourth-order valence-electron chi connectivity index (χ4n) is 3.06. The van der Waals surface area contributed by atoms with Gasteiger partial charge in [0, 0.05) is 24.7 Å². The topological polar surface area (TPSA) is 58.7 Å². The number of rotatable bonds is 6. The molecule has 0 aromatic carbocycles. The highest BCUT2D eigenvalue weighted by Crippen LogP contribution is 2.30. The Kier molecular flexibility index (Phi) is 5.86. The van der Waals surface area contributed by atoms with Crippen molar-refractivity contribution < 1.29 is 9.84 Å². The largest absolute Gasteiger partial charge is 0.394 e. The van der Waals surface area contributed by atoms with Crippen LogP contribution in [0.1, 0.15) is 39.5 Å². The zero-order valence-electron chi connectivity index (χ0n) is 11.5. The summed E-state index contributed by atoms with van der Waals surface area (Å²) < 4.78 is 5.23. The van der Waals surface area contributed by atoms with Gasteiger partial charge < -0.3 is 15.6 Å². The average Bonchev–Trinajstić information content (AvgIpc) is 2.30. The third kappa shape index (κ3) is 3.91. The number of hydrogen-bond acceptors (Lipinski definition) is 4. The van der Waals surface area contributed by atoms with E-state index in [1.807, 2.05) is 0 Å². The van der Waals surface area contributed by atoms with Crippen LogP contribution in [-0.4, -0.2) is 54.5 Å². The second-order valence-electron chi connectivity index (χ2n) is 5.41. The molecule has 1 fully saturated rings. The summed E-state index contributed by atoms with van der Waals surface area (Å²) in [5.41, 5.74) is 5.84. The van der Waals surface area contributed by atoms with Crippen molar-refractivity contribution in [3.63, 3.8) is 0 Å². The van der Waals surface area contributed by atoms with E-state index in [-0.39, 0.29) is 12.1 Å². The number of likely N-dealkylation sites (N-methyl/N-ethyl adjacent to an activating group) is 1. The van der Waals surface area contributed by atoms with Gasteiger partial charge in [0.05, 0.1) is 13.2 Å². The molecule has 1 saturated carbocycles. The predicted octanol–water partition coefficient (Wildman–Crippen LogP) is 0.976. The van der Waals surface area contributed by atoms with E-state index in [1.165, 1.54) is 6.42 Å². The molecule has 1 rings (SSSR count). The first-order valence-electron chi connectivity index (χ1n) is 6.70. The monoisotopic (exact) mass is 244 g/mol. The molecule has 0 aromatic heterocycles. The molecule has 0 saturated heterocycles. The van der Waals surface area contributed by atoms with Gasteiger partial charge in [0.1, 0.15) is 0 Å². The van der Waals surface area contributed by atoms with Gasteiger partial charge in [-0.2, -0.15) is 0 Å². The van der Waals surface area contributed by atoms with Crippen molar-refractivity contribution in [2.45, 2.75) is 57.2 Å². The van der Waals surface area contributed by atoms with Crippen LogP contribution >= 0.6 is 0 Å². The molecule has 3 N–H and O–H groups in total. The molecule has 17 heavy (non-hydrogen) atoms. The van der Waals surface area contributed by atoms with Crippen LogP contribution in [0.15, 0.2) is 0 Å². The summed E-state index contributed by atoms with van der Waals surface area (Å²) in [6.45, 7) is 6.23. The number of nitrogens with two attached hydrogens (primary N) is 1. The minimum atomic E-state index is -0.372. The molecule has 3 unspecified atom stereocenters. The minimum Gasteiger partial charge on any atom is -0.394 e. The fraction of sp³-hybridized carbons (Fsp3) is 1.00. The molecule has 0 heterocycles. The van der Waals surface area contributed by atoms with Gasteiger partial charge in [-0.05, 0) is 39.2 Å². The maximum absolute atomic E-state index is 9.40. The molecule has 0 radical (unpaired) electrons. The maximum atomic E-state index is 9.40. The van der Waals surface area contributed by atoms with Gasteiger partial charge in [0.25, 0.3) is 0 Å². The Balaban J connectivity index is 2.62. The van der Waals surface area contributed by atoms with Crippen molar-refractivity contribution in [2.24, 2.45) is 5.73 Å². The van der Waals surface area contributed by atoms with Gasteiger partial charge in [-0.3, -0.25) is 4.90 Å². The van der Waals surface area contributed by atoms with Gasteiger partial charge in [0.2, 0.25) is 0 Å². The van der Waals surface area contributed by atoms with Crippen molar-refractivity contribution in [3.05, 3.63) is 0 Å². The molecule has 4 nitrogen and oxygen atoms in total. The molecule has 0 spiro atoms. The molecule has 102 valence electrons. The van der Waals surface area contributed by atoms with E-state index in [0.29, 0.717) is 12.1 Å². The van der Waals surface area contributed by atoms with Crippen LogP contribution in [0.4, 0.5) is 0 Å². The van der Waals surface area contributed by atoms with E-state index in [4.69, 9.17) is 10.5 Å². The fourth-order valence-corrected chi connectivity index (χ4v) is 3.06. The molecule has 0 bridgehead atoms. The van der Waals surface area contributed by atoms with E-state index in [9.17, 15) is 5.11 Å². The molecule has 3 atom stereocenters. The van der Waals surface area contributed by atoms with Gasteiger partial charge in [-0.25, -0.2) is 0 Å². The Hall–Kier alpha value is -0.160. The number of aliphatic hydroxyl groups excluding tert-OH is 1. The summed E-state index contributed by atoms with van der Waals surface area (Å²) in [7, 11) is 1.74. The van der Waals surface area contributed by atoms with Gasteiger partial charge in [-0.15, -0.1) is 0 Å². The van der Waals surface area contributed by atoms with Crippen LogP contribution < -0.4 is 5.73 Å². The Morgan fingerprint density at radius 2 is 2.29 bits per heavy atom. The lowest BCUT2D eigenvalue weighted by Gasteiger charge is -2.43. The first kappa shape index (κ1) is 14.9. The van der Waals surface area contributed by atoms with Crippen molar-refractivity contribution in [3.8, 4) is 0 Å². The Bertz CT molecular complexity index is 225. The summed E-state index contributed by atoms with van der Waals surface area (Å²) in [4.78, 5) is 2.46. The lowest BCUT2D eigenvalue weighted by molar-refractivity contribution is 0.0327. The Morgan fingerprint density at radius 3 is 2.82 bits per heavy atom. The number of hydrogen-bond donors (Lipinski definition) is 2. The van der Waals surface area contributed by atoms with Crippen LogP contribution in [0, 0.1) is 0 Å². The van der Waals surface area contributed by atoms with E-state index in [1.54, 1.807) is 7.11 Å². The highest BCUT2D eigenvalue weighted by molar-refractivity contribution is 4.94. The van der Waals surface area contributed by atoms with E-state index in [0.717, 1.165) is 32.4 Å². The van der Waals surface area contributed by atoms with Crippen LogP contribution in [0.5, 0.6) is 0 Å². The zero-order valence-corrected chi connectivity index (χ0v) is 11.5. The zero-order chi connectivity index (χ0) is 12.9. The predicted molar refractivity (Wildman–Crippen MR) is 70.0 cm³/mol. The lowest BCUT2D eigenvalue weighted by Crippen LogP contribution is -2.55. The SMILES string of the molecule is CCN(C(C)COC)C1CCCC(N)(CO)C1. The van der Waals surface area contributed by atoms with Crippen LogP contribution in [-0.2, 0) is 4.74 Å². The summed E-state index contributed by atoms with van der Waals surface area (Å²) >= 11 is 0. The Morgan fingerprint density at radius 1 is 1.59 bits per heavy atom. The van der Waals surface area contributed by atoms with Crippen molar-refractivity contribution in [2.75, 3.05) is 26.9 Å². The molecule has 0 aliphatic heterocycles. The summed E-state index contributed by atoms with van der Waals surface area (Å²) in [5, 5.41) is 9.40. The lowest BCUT2D eigenvalue weighted by atomic mass is 9.79. The Labute approximate surface area is 105 Å². The maximum Gasteiger partial charge on any atom is 0.0615 e. The van der Waals surface area contributed by atoms with Gasteiger partial charge in [0.15, 0.2) is 0 Å². The minimum absolute atomic E-state index is 0.0969. The first-order chi connectivity index (χ1) is 8.06. The molecule has 4 heteroatoms. The van der Waals surface area contributed by atoms with E-state index < -0.39 is 0 Å². The molecular weight excluding hydrogens is 216 g/mol. The highest BCUT2D eigenvalue weighted by Gasteiger charge is 2.35. The second-order valence-corrected chi connectivity index (χ2v) is 5.41. The molecule has 1 aliphatic rings. The van der Waals surface area contributed by atoms with Crippen molar-refractivity contribution in [1.82, 2.24) is 4.90 Å². The third-order valence-corrected chi connectivity index (χ3v) is 3.98. The smallest absolute Gasteiger partial charge is 0.0615 e. The first-order valence-corrected chi connectivity index (χ1v) is 6.70. The summed E-state index contributed by atoms with van der Waals surface area (Å²) in [6, 6.07) is 0.895. The normalized spacial score (nSPS) is 31.8. The molecule has 1 aliphatic carbocycles. The average molecular weight is 244 g/mol. The number of ether oxygens (including phenoxy) is 1. The van der Waals surface area contributed by atoms with E-state index >= 15 is 0 Å². The van der Waals surface area contributed by atoms with Gasteiger partial charge in [-0.1, -0.05) is 6.92 Å². The van der Waals surface area contributed by atoms with Crippen molar-refractivity contribution >= 4 is 0 Å². The van der Waals surface area contributed by atoms with Gasteiger partial charge >= 0.3 is 0 Å². The molecule has 0 amide bonds. The standard InChI is InChI=1S/C13H28N2O2/c1-4-15(11(2)9-17-3)12-6-5-7-13(14,8-12)10-16/h11-12,16H,4-10,14H2,1-3H3. The van der Waals surface area contributed by atoms with Crippen molar-refractivity contribution in [1.29, 1.82) is 0 Å². The molecule has 0 aromatic rings. The second kappa shape index (κ2) is 6.69. The van der Waals surface area contributed by atoms with Crippen LogP contribution in [0.25, 0.3) is 0 Å². The number of nitrogens with zero attached hydrogens (tertiary/aromatic N) is 1. The number of methoxy groups -OCH3 is 1. The van der Waals surface area contributed by atoms with Crippen LogP contribution in [0.2, 0.25) is 0 Å². The quantitative estimate of drug-likeness (QED) is 0.731. The summed E-state index contributed by atoms with van der Waals surface area (Å²) in [6.07, 6.45) is 4.13. The van der Waals surface area contributed by atoms with Crippen LogP contribution in [0.3, 0.4) is 0 Å². The van der Waals surface area contributed by atoms with E-state index in [2.05, 4.69) is 18.7 Å². The summed E-state index contributed by atoms with van der Waals surface area (Å²) in [5.74, 6) is 0. The third-order valence-electron chi connectivity index (χ3n) is 3.98. The number of aliphatic hydroxyl groups is 1. The highest BCUT2D eigenvalue weighted by atomic mass is 16.5.